The average Bonchev–Trinajstić information content (AvgIpc) is 3.54. The minimum absolute atomic E-state index is 0.0968. The summed E-state index contributed by atoms with van der Waals surface area (Å²) in [4.78, 5) is 29.5. The summed E-state index contributed by atoms with van der Waals surface area (Å²) in [5, 5.41) is 0. The molecule has 0 amide bonds. The lowest BCUT2D eigenvalue weighted by Gasteiger charge is -2.16. The van der Waals surface area contributed by atoms with Crippen LogP contribution in [-0.4, -0.2) is 29.1 Å². The molecule has 0 aliphatic heterocycles. The molecule has 1 aliphatic rings. The van der Waals surface area contributed by atoms with Crippen LogP contribution in [0.15, 0.2) is 41.5 Å². The maximum Gasteiger partial charge on any atom is 0.343 e. The molecule has 6 nitrogen and oxygen atoms in total. The van der Waals surface area contributed by atoms with E-state index in [0.29, 0.717) is 11.8 Å². The molecule has 1 aliphatic carbocycles. The molecule has 0 aromatic carbocycles. The zero-order valence-corrected chi connectivity index (χ0v) is 16.2. The molecule has 3 heterocycles. The van der Waals surface area contributed by atoms with E-state index in [9.17, 15) is 9.59 Å². The summed E-state index contributed by atoms with van der Waals surface area (Å²) in [6, 6.07) is 7.39. The number of rotatable bonds is 5. The van der Waals surface area contributed by atoms with Gasteiger partial charge in [0.1, 0.15) is 5.56 Å². The van der Waals surface area contributed by atoms with Gasteiger partial charge in [-0.3, -0.25) is 9.20 Å². The van der Waals surface area contributed by atoms with Gasteiger partial charge in [0, 0.05) is 24.0 Å². The van der Waals surface area contributed by atoms with Crippen LogP contribution in [0.5, 0.6) is 5.88 Å². The molecule has 3 aromatic rings. The molecular weight excluding hydrogens is 356 g/mol. The van der Waals surface area contributed by atoms with Crippen molar-refractivity contribution in [2.24, 2.45) is 0 Å². The second kappa shape index (κ2) is 7.11. The number of hydrogen-bond donors (Lipinski definition) is 0. The molecule has 4 rings (SSSR count). The highest BCUT2D eigenvalue weighted by atomic mass is 16.5. The lowest BCUT2D eigenvalue weighted by atomic mass is 9.97. The maximum atomic E-state index is 13.0. The largest absolute Gasteiger partial charge is 0.481 e. The number of methoxy groups -OCH3 is 1. The van der Waals surface area contributed by atoms with E-state index in [2.05, 4.69) is 4.98 Å². The first-order valence-electron chi connectivity index (χ1n) is 9.41. The first kappa shape index (κ1) is 18.2. The van der Waals surface area contributed by atoms with E-state index in [1.54, 1.807) is 36.9 Å². The number of fused-ring (bicyclic) bond motifs is 1. The Bertz CT molecular complexity index is 1110. The summed E-state index contributed by atoms with van der Waals surface area (Å²) >= 11 is 0. The molecule has 144 valence electrons. The lowest BCUT2D eigenvalue weighted by Crippen LogP contribution is -2.25. The van der Waals surface area contributed by atoms with E-state index in [4.69, 9.17) is 9.47 Å². The minimum Gasteiger partial charge on any atom is -0.481 e. The van der Waals surface area contributed by atoms with Gasteiger partial charge in [0.25, 0.3) is 5.56 Å². The van der Waals surface area contributed by atoms with E-state index in [0.717, 1.165) is 40.6 Å². The van der Waals surface area contributed by atoms with Gasteiger partial charge in [-0.05, 0) is 67.5 Å². The molecule has 1 fully saturated rings. The van der Waals surface area contributed by atoms with Gasteiger partial charge in [0.2, 0.25) is 5.88 Å². The first-order chi connectivity index (χ1) is 13.5. The van der Waals surface area contributed by atoms with Crippen molar-refractivity contribution in [1.82, 2.24) is 9.38 Å². The topological polar surface area (TPSA) is 69.9 Å². The minimum atomic E-state index is -0.565. The molecule has 1 saturated carbocycles. The van der Waals surface area contributed by atoms with Gasteiger partial charge >= 0.3 is 5.97 Å². The Hall–Kier alpha value is -3.15. The summed E-state index contributed by atoms with van der Waals surface area (Å²) in [5.74, 6) is 0.354. The Kier molecular flexibility index (Phi) is 4.63. The van der Waals surface area contributed by atoms with Crippen molar-refractivity contribution >= 4 is 11.5 Å². The maximum absolute atomic E-state index is 13.0. The van der Waals surface area contributed by atoms with E-state index >= 15 is 0 Å². The SMILES string of the molecule is CCOC(=O)c1cc(C2CC2)c2c(C)c(-c3ccc(OC)nc3)ccn2c1=O. The standard InChI is InChI=1S/C22H22N2O4/c1-4-28-22(26)18-11-17(14-5-6-14)20-13(2)16(9-10-24(20)21(18)25)15-7-8-19(27-3)23-12-15/h7-12,14H,4-6H2,1-3H3. The van der Waals surface area contributed by atoms with Crippen LogP contribution in [0.4, 0.5) is 0 Å². The summed E-state index contributed by atoms with van der Waals surface area (Å²) < 4.78 is 11.8. The normalized spacial score (nSPS) is 13.5. The molecular formula is C22H22N2O4. The number of pyridine rings is 3. The highest BCUT2D eigenvalue weighted by molar-refractivity contribution is 5.90. The van der Waals surface area contributed by atoms with Crippen molar-refractivity contribution in [3.05, 3.63) is 63.7 Å². The third kappa shape index (κ3) is 3.05. The number of carbonyl (C=O) groups is 1. The van der Waals surface area contributed by atoms with E-state index in [1.807, 2.05) is 25.1 Å². The Morgan fingerprint density at radius 2 is 2.07 bits per heavy atom. The van der Waals surface area contributed by atoms with E-state index in [-0.39, 0.29) is 17.7 Å². The Morgan fingerprint density at radius 3 is 2.68 bits per heavy atom. The third-order valence-corrected chi connectivity index (χ3v) is 5.18. The molecule has 0 spiro atoms. The second-order valence-electron chi connectivity index (χ2n) is 6.98. The van der Waals surface area contributed by atoms with Gasteiger partial charge in [0.05, 0.1) is 19.2 Å². The molecule has 6 heteroatoms. The van der Waals surface area contributed by atoms with Crippen molar-refractivity contribution < 1.29 is 14.3 Å². The monoisotopic (exact) mass is 378 g/mol. The van der Waals surface area contributed by atoms with E-state index in [1.165, 1.54) is 0 Å². The smallest absolute Gasteiger partial charge is 0.343 e. The van der Waals surface area contributed by atoms with Crippen LogP contribution in [0.25, 0.3) is 16.6 Å². The number of carbonyl (C=O) groups excluding carboxylic acids is 1. The molecule has 0 atom stereocenters. The van der Waals surface area contributed by atoms with Crippen LogP contribution in [0.1, 0.15) is 47.2 Å². The molecule has 3 aromatic heterocycles. The number of aryl methyl sites for hydroxylation is 1. The highest BCUT2D eigenvalue weighted by Gasteiger charge is 2.29. The summed E-state index contributed by atoms with van der Waals surface area (Å²) in [6.45, 7) is 3.98. The van der Waals surface area contributed by atoms with Crippen molar-refractivity contribution in [1.29, 1.82) is 0 Å². The fraction of sp³-hybridized carbons (Fsp3) is 0.318. The molecule has 28 heavy (non-hydrogen) atoms. The average molecular weight is 378 g/mol. The van der Waals surface area contributed by atoms with Gasteiger partial charge in [-0.2, -0.15) is 0 Å². The van der Waals surface area contributed by atoms with E-state index < -0.39 is 5.97 Å². The quantitative estimate of drug-likeness (QED) is 0.633. The molecule has 0 N–H and O–H groups in total. The lowest BCUT2D eigenvalue weighted by molar-refractivity contribution is 0.0524. The van der Waals surface area contributed by atoms with Crippen LogP contribution in [0.3, 0.4) is 0 Å². The Labute approximate surface area is 162 Å². The number of aromatic nitrogens is 2. The second-order valence-corrected chi connectivity index (χ2v) is 6.98. The van der Waals surface area contributed by atoms with Crippen LogP contribution in [0, 0.1) is 6.92 Å². The van der Waals surface area contributed by atoms with Crippen molar-refractivity contribution in [2.45, 2.75) is 32.6 Å². The summed E-state index contributed by atoms with van der Waals surface area (Å²) in [7, 11) is 1.58. The summed E-state index contributed by atoms with van der Waals surface area (Å²) in [5.41, 5.74) is 4.59. The number of esters is 1. The predicted octanol–water partition coefficient (Wildman–Crippen LogP) is 3.73. The number of ether oxygens (including phenoxy) is 2. The Balaban J connectivity index is 1.94. The fourth-order valence-corrected chi connectivity index (χ4v) is 3.63. The number of nitrogens with zero attached hydrogens (tertiary/aromatic N) is 2. The zero-order chi connectivity index (χ0) is 19.8. The fourth-order valence-electron chi connectivity index (χ4n) is 3.63. The van der Waals surface area contributed by atoms with Gasteiger partial charge < -0.3 is 9.47 Å². The predicted molar refractivity (Wildman–Crippen MR) is 106 cm³/mol. The zero-order valence-electron chi connectivity index (χ0n) is 16.2. The molecule has 0 bridgehead atoms. The van der Waals surface area contributed by atoms with Crippen molar-refractivity contribution in [3.63, 3.8) is 0 Å². The van der Waals surface area contributed by atoms with Gasteiger partial charge in [-0.25, -0.2) is 9.78 Å². The Morgan fingerprint density at radius 1 is 1.29 bits per heavy atom. The van der Waals surface area contributed by atoms with Gasteiger partial charge in [-0.15, -0.1) is 0 Å². The molecule has 0 radical (unpaired) electrons. The van der Waals surface area contributed by atoms with Crippen LogP contribution in [-0.2, 0) is 4.74 Å². The van der Waals surface area contributed by atoms with Crippen LogP contribution < -0.4 is 10.3 Å². The first-order valence-corrected chi connectivity index (χ1v) is 9.41. The highest BCUT2D eigenvalue weighted by Crippen LogP contribution is 2.43. The van der Waals surface area contributed by atoms with Crippen molar-refractivity contribution in [3.8, 4) is 17.0 Å². The third-order valence-electron chi connectivity index (χ3n) is 5.18. The van der Waals surface area contributed by atoms with Crippen LogP contribution in [0.2, 0.25) is 0 Å². The van der Waals surface area contributed by atoms with Gasteiger partial charge in [-0.1, -0.05) is 0 Å². The molecule has 0 unspecified atom stereocenters. The number of hydrogen-bond acceptors (Lipinski definition) is 5. The summed E-state index contributed by atoms with van der Waals surface area (Å²) in [6.07, 6.45) is 5.62. The van der Waals surface area contributed by atoms with Crippen LogP contribution >= 0.6 is 0 Å². The molecule has 0 saturated heterocycles. The van der Waals surface area contributed by atoms with Gasteiger partial charge in [0.15, 0.2) is 0 Å². The van der Waals surface area contributed by atoms with Crippen molar-refractivity contribution in [2.75, 3.05) is 13.7 Å².